The Labute approximate surface area is 217 Å². The van der Waals surface area contributed by atoms with Gasteiger partial charge >= 0.3 is 12.1 Å². The fraction of sp³-hybridized carbons (Fsp3) is 0.300. The third-order valence-corrected chi connectivity index (χ3v) is 6.53. The topological polar surface area (TPSA) is 82.1 Å². The van der Waals surface area contributed by atoms with E-state index in [1.165, 1.54) is 4.90 Å². The van der Waals surface area contributed by atoms with Crippen LogP contribution in [0.3, 0.4) is 0 Å². The Morgan fingerprint density at radius 2 is 1.62 bits per heavy atom. The zero-order valence-electron chi connectivity index (χ0n) is 21.0. The molecular formula is C30H31NO6. The second-order valence-electron chi connectivity index (χ2n) is 8.91. The summed E-state index contributed by atoms with van der Waals surface area (Å²) in [6.45, 7) is 1.98. The minimum Gasteiger partial charge on any atom is -0.497 e. The van der Waals surface area contributed by atoms with Crippen LogP contribution >= 0.6 is 0 Å². The summed E-state index contributed by atoms with van der Waals surface area (Å²) >= 11 is 0. The van der Waals surface area contributed by atoms with Gasteiger partial charge in [-0.1, -0.05) is 72.8 Å². The van der Waals surface area contributed by atoms with Crippen LogP contribution in [0.1, 0.15) is 36.0 Å². The lowest BCUT2D eigenvalue weighted by Gasteiger charge is -2.31. The molecule has 3 aromatic carbocycles. The molecule has 192 valence electrons. The number of hydrogen-bond acceptors (Lipinski definition) is 6. The number of ether oxygens (including phenoxy) is 3. The summed E-state index contributed by atoms with van der Waals surface area (Å²) in [6, 6.07) is 26.3. The number of cyclic esters (lactones) is 1. The number of carbonyl (C=O) groups excluding carboxylic acids is 3. The second kappa shape index (κ2) is 12.2. The molecule has 4 rings (SSSR count). The average molecular weight is 502 g/mol. The molecule has 7 heteroatoms. The summed E-state index contributed by atoms with van der Waals surface area (Å²) in [5.41, 5.74) is 2.74. The molecule has 1 heterocycles. The SMILES string of the molecule is CCOC(=O)C[C@@H](Cc1cccc(OC)c1)C(=O)N1C(=O)OC[C@H]1C(c1ccccc1)c1ccccc1. The molecule has 1 aliphatic heterocycles. The zero-order valence-corrected chi connectivity index (χ0v) is 21.0. The van der Waals surface area contributed by atoms with Gasteiger partial charge in [0.1, 0.15) is 12.4 Å². The molecule has 2 atom stereocenters. The number of rotatable bonds is 10. The van der Waals surface area contributed by atoms with Gasteiger partial charge < -0.3 is 14.2 Å². The molecule has 1 saturated heterocycles. The molecule has 0 radical (unpaired) electrons. The van der Waals surface area contributed by atoms with Crippen molar-refractivity contribution in [3.05, 3.63) is 102 Å². The molecular weight excluding hydrogens is 470 g/mol. The molecule has 0 spiro atoms. The van der Waals surface area contributed by atoms with Gasteiger partial charge in [-0.2, -0.15) is 0 Å². The lowest BCUT2D eigenvalue weighted by molar-refractivity contribution is -0.148. The molecule has 0 unspecified atom stereocenters. The molecule has 7 nitrogen and oxygen atoms in total. The van der Waals surface area contributed by atoms with E-state index in [0.717, 1.165) is 16.7 Å². The number of esters is 1. The number of benzene rings is 3. The van der Waals surface area contributed by atoms with Crippen molar-refractivity contribution in [1.29, 1.82) is 0 Å². The Balaban J connectivity index is 1.69. The molecule has 0 N–H and O–H groups in total. The summed E-state index contributed by atoms with van der Waals surface area (Å²) in [6.07, 6.45) is -0.611. The van der Waals surface area contributed by atoms with Gasteiger partial charge in [-0.3, -0.25) is 9.59 Å². The zero-order chi connectivity index (χ0) is 26.2. The van der Waals surface area contributed by atoms with E-state index in [2.05, 4.69) is 0 Å². The highest BCUT2D eigenvalue weighted by molar-refractivity contribution is 5.96. The maximum absolute atomic E-state index is 14.0. The van der Waals surface area contributed by atoms with Gasteiger partial charge in [0, 0.05) is 5.92 Å². The first-order chi connectivity index (χ1) is 18.0. The molecule has 0 saturated carbocycles. The fourth-order valence-electron chi connectivity index (χ4n) is 4.84. The van der Waals surface area contributed by atoms with Crippen molar-refractivity contribution in [3.63, 3.8) is 0 Å². The number of methoxy groups -OCH3 is 1. The third-order valence-electron chi connectivity index (χ3n) is 6.53. The maximum Gasteiger partial charge on any atom is 0.417 e. The van der Waals surface area contributed by atoms with Gasteiger partial charge in [-0.25, -0.2) is 9.69 Å². The van der Waals surface area contributed by atoms with Crippen LogP contribution < -0.4 is 4.74 Å². The van der Waals surface area contributed by atoms with Crippen molar-refractivity contribution in [3.8, 4) is 5.75 Å². The Bertz CT molecular complexity index is 1170. The highest BCUT2D eigenvalue weighted by Crippen LogP contribution is 2.35. The van der Waals surface area contributed by atoms with Crippen molar-refractivity contribution in [2.75, 3.05) is 20.3 Å². The van der Waals surface area contributed by atoms with Gasteiger partial charge in [0.25, 0.3) is 0 Å². The standard InChI is InChI=1S/C30H31NO6/c1-3-36-27(32)19-24(17-21-11-10-16-25(18-21)35-2)29(33)31-26(20-37-30(31)34)28(22-12-6-4-7-13-22)23-14-8-5-9-15-23/h4-16,18,24,26,28H,3,17,19-20H2,1-2H3/t24-,26+/m1/s1. The molecule has 0 aliphatic carbocycles. The molecule has 0 bridgehead atoms. The first-order valence-electron chi connectivity index (χ1n) is 12.4. The largest absolute Gasteiger partial charge is 0.497 e. The van der Waals surface area contributed by atoms with Crippen molar-refractivity contribution in [1.82, 2.24) is 4.90 Å². The number of hydrogen-bond donors (Lipinski definition) is 0. The molecule has 1 fully saturated rings. The van der Waals surface area contributed by atoms with Gasteiger partial charge in [0.2, 0.25) is 5.91 Å². The number of amides is 2. The van der Waals surface area contributed by atoms with Gasteiger partial charge in [0.05, 0.1) is 32.1 Å². The molecule has 2 amide bonds. The highest BCUT2D eigenvalue weighted by atomic mass is 16.6. The summed E-state index contributed by atoms with van der Waals surface area (Å²) in [5.74, 6) is -1.41. The van der Waals surface area contributed by atoms with Crippen molar-refractivity contribution < 1.29 is 28.6 Å². The summed E-state index contributed by atoms with van der Waals surface area (Å²) in [4.78, 5) is 40.7. The van der Waals surface area contributed by atoms with E-state index in [1.54, 1.807) is 14.0 Å². The van der Waals surface area contributed by atoms with Crippen LogP contribution in [-0.2, 0) is 25.5 Å². The molecule has 1 aliphatic rings. The Morgan fingerprint density at radius 3 is 2.22 bits per heavy atom. The first-order valence-corrected chi connectivity index (χ1v) is 12.4. The predicted octanol–water partition coefficient (Wildman–Crippen LogP) is 4.99. The van der Waals surface area contributed by atoms with Crippen molar-refractivity contribution in [2.24, 2.45) is 5.92 Å². The Kier molecular flexibility index (Phi) is 8.56. The third kappa shape index (κ3) is 6.17. The maximum atomic E-state index is 14.0. The predicted molar refractivity (Wildman–Crippen MR) is 138 cm³/mol. The monoisotopic (exact) mass is 501 g/mol. The average Bonchev–Trinajstić information content (AvgIpc) is 3.30. The van der Waals surface area contributed by atoms with Crippen LogP contribution in [0.25, 0.3) is 0 Å². The van der Waals surface area contributed by atoms with Crippen LogP contribution in [0, 0.1) is 5.92 Å². The van der Waals surface area contributed by atoms with Crippen molar-refractivity contribution in [2.45, 2.75) is 31.7 Å². The van der Waals surface area contributed by atoms with Crippen LogP contribution in [-0.4, -0.2) is 49.2 Å². The van der Waals surface area contributed by atoms with Crippen LogP contribution in [0.4, 0.5) is 4.79 Å². The van der Waals surface area contributed by atoms with E-state index in [4.69, 9.17) is 14.2 Å². The van der Waals surface area contributed by atoms with E-state index in [1.807, 2.05) is 84.9 Å². The lowest BCUT2D eigenvalue weighted by atomic mass is 9.84. The van der Waals surface area contributed by atoms with Gasteiger partial charge in [-0.15, -0.1) is 0 Å². The second-order valence-corrected chi connectivity index (χ2v) is 8.91. The molecule has 3 aromatic rings. The quantitative estimate of drug-likeness (QED) is 0.364. The van der Waals surface area contributed by atoms with E-state index in [9.17, 15) is 14.4 Å². The van der Waals surface area contributed by atoms with Crippen LogP contribution in [0.15, 0.2) is 84.9 Å². The Morgan fingerprint density at radius 1 is 0.973 bits per heavy atom. The van der Waals surface area contributed by atoms with Gasteiger partial charge in [0.15, 0.2) is 0 Å². The smallest absolute Gasteiger partial charge is 0.417 e. The summed E-state index contributed by atoms with van der Waals surface area (Å²) in [5, 5.41) is 0. The highest BCUT2D eigenvalue weighted by Gasteiger charge is 2.45. The minimum absolute atomic E-state index is 0.0598. The normalized spacial score (nSPS) is 15.8. The molecule has 37 heavy (non-hydrogen) atoms. The lowest BCUT2D eigenvalue weighted by Crippen LogP contribution is -2.46. The minimum atomic E-state index is -0.813. The van der Waals surface area contributed by atoms with Crippen molar-refractivity contribution >= 4 is 18.0 Å². The van der Waals surface area contributed by atoms with Crippen LogP contribution in [0.5, 0.6) is 5.75 Å². The Hall–Kier alpha value is -4.13. The van der Waals surface area contributed by atoms with E-state index in [0.29, 0.717) is 5.75 Å². The summed E-state index contributed by atoms with van der Waals surface area (Å²) < 4.78 is 15.9. The van der Waals surface area contributed by atoms with E-state index < -0.39 is 29.9 Å². The number of carbonyl (C=O) groups is 3. The van der Waals surface area contributed by atoms with Gasteiger partial charge in [-0.05, 0) is 42.2 Å². The fourth-order valence-corrected chi connectivity index (χ4v) is 4.84. The van der Waals surface area contributed by atoms with E-state index >= 15 is 0 Å². The summed E-state index contributed by atoms with van der Waals surface area (Å²) in [7, 11) is 1.57. The number of nitrogens with zero attached hydrogens (tertiary/aromatic N) is 1. The number of imide groups is 1. The molecule has 0 aromatic heterocycles. The first kappa shape index (κ1) is 25.9. The van der Waals surface area contributed by atoms with Crippen LogP contribution in [0.2, 0.25) is 0 Å². The van der Waals surface area contributed by atoms with E-state index in [-0.39, 0.29) is 32.0 Å².